The number of amides is 2. The zero-order valence-electron chi connectivity index (χ0n) is 17.1. The van der Waals surface area contributed by atoms with Gasteiger partial charge in [0, 0.05) is 36.7 Å². The molecule has 0 radical (unpaired) electrons. The van der Waals surface area contributed by atoms with Gasteiger partial charge >= 0.3 is 0 Å². The van der Waals surface area contributed by atoms with Gasteiger partial charge < -0.3 is 15.0 Å². The smallest absolute Gasteiger partial charge is 0.242 e. The third kappa shape index (κ3) is 4.30. The van der Waals surface area contributed by atoms with Crippen LogP contribution in [0, 0.1) is 0 Å². The second-order valence-electron chi connectivity index (χ2n) is 7.48. The first-order valence-electron chi connectivity index (χ1n) is 10.3. The van der Waals surface area contributed by atoms with Crippen molar-refractivity contribution in [3.63, 3.8) is 0 Å². The van der Waals surface area contributed by atoms with Crippen molar-refractivity contribution in [2.75, 3.05) is 13.7 Å². The number of hydrogen-bond acceptors (Lipinski definition) is 4. The summed E-state index contributed by atoms with van der Waals surface area (Å²) in [6, 6.07) is 15.1. The first-order valence-corrected chi connectivity index (χ1v) is 10.3. The van der Waals surface area contributed by atoms with E-state index in [0.717, 1.165) is 35.2 Å². The number of carbonyl (C=O) groups is 2. The molecule has 1 aliphatic heterocycles. The highest BCUT2D eigenvalue weighted by atomic mass is 16.5. The summed E-state index contributed by atoms with van der Waals surface area (Å²) in [6.07, 6.45) is 3.73. The van der Waals surface area contributed by atoms with Gasteiger partial charge in [0.2, 0.25) is 11.8 Å². The number of aryl methyl sites for hydroxylation is 1. The number of carbonyl (C=O) groups excluding carboxylic acids is 2. The maximum absolute atomic E-state index is 12.7. The third-order valence-electron chi connectivity index (χ3n) is 5.49. The lowest BCUT2D eigenvalue weighted by Crippen LogP contribution is -2.44. The molecule has 4 rings (SSSR count). The topological polar surface area (TPSA) is 76.5 Å². The highest BCUT2D eigenvalue weighted by molar-refractivity contribution is 5.90. The van der Waals surface area contributed by atoms with E-state index in [2.05, 4.69) is 10.4 Å². The van der Waals surface area contributed by atoms with Gasteiger partial charge in [-0.2, -0.15) is 5.10 Å². The zero-order chi connectivity index (χ0) is 20.9. The molecule has 0 saturated carbocycles. The summed E-state index contributed by atoms with van der Waals surface area (Å²) in [5.41, 5.74) is 1.87. The van der Waals surface area contributed by atoms with E-state index in [-0.39, 0.29) is 11.8 Å². The SMILES string of the molecule is COc1ccccc1CN1C(=O)CCC1C(=O)NCCCn1cc2ccccc2n1. The Bertz CT molecular complexity index is 1010. The highest BCUT2D eigenvalue weighted by Crippen LogP contribution is 2.26. The minimum absolute atomic E-state index is 0.00397. The number of likely N-dealkylation sites (tertiary alicyclic amines) is 1. The van der Waals surface area contributed by atoms with Gasteiger partial charge in [-0.25, -0.2) is 0 Å². The molecule has 2 amide bonds. The first kappa shape index (κ1) is 19.9. The van der Waals surface area contributed by atoms with Crippen LogP contribution in [0.4, 0.5) is 0 Å². The van der Waals surface area contributed by atoms with E-state index in [9.17, 15) is 9.59 Å². The molecule has 0 aliphatic carbocycles. The average molecular weight is 406 g/mol. The minimum Gasteiger partial charge on any atom is -0.496 e. The van der Waals surface area contributed by atoms with E-state index in [1.807, 2.05) is 59.4 Å². The number of hydrogen-bond donors (Lipinski definition) is 1. The van der Waals surface area contributed by atoms with Gasteiger partial charge in [-0.1, -0.05) is 36.4 Å². The van der Waals surface area contributed by atoms with Gasteiger partial charge in [0.05, 0.1) is 19.2 Å². The van der Waals surface area contributed by atoms with E-state index in [1.54, 1.807) is 12.0 Å². The molecule has 1 saturated heterocycles. The predicted molar refractivity (Wildman–Crippen MR) is 114 cm³/mol. The van der Waals surface area contributed by atoms with Gasteiger partial charge in [0.1, 0.15) is 11.8 Å². The van der Waals surface area contributed by atoms with E-state index in [1.165, 1.54) is 0 Å². The van der Waals surface area contributed by atoms with Crippen LogP contribution in [-0.2, 0) is 22.7 Å². The van der Waals surface area contributed by atoms with Gasteiger partial charge in [0.25, 0.3) is 0 Å². The number of nitrogens with zero attached hydrogens (tertiary/aromatic N) is 3. The summed E-state index contributed by atoms with van der Waals surface area (Å²) in [6.45, 7) is 1.65. The number of para-hydroxylation sites is 1. The lowest BCUT2D eigenvalue weighted by molar-refractivity contribution is -0.135. The Morgan fingerprint density at radius 2 is 2.00 bits per heavy atom. The largest absolute Gasteiger partial charge is 0.496 e. The van der Waals surface area contributed by atoms with Crippen molar-refractivity contribution in [3.05, 3.63) is 60.3 Å². The van der Waals surface area contributed by atoms with Crippen molar-refractivity contribution < 1.29 is 14.3 Å². The van der Waals surface area contributed by atoms with E-state index in [0.29, 0.717) is 25.9 Å². The molecule has 1 atom stereocenters. The van der Waals surface area contributed by atoms with Crippen molar-refractivity contribution >= 4 is 22.7 Å². The normalized spacial score (nSPS) is 16.2. The number of rotatable bonds is 8. The Morgan fingerprint density at radius 1 is 1.20 bits per heavy atom. The highest BCUT2D eigenvalue weighted by Gasteiger charge is 2.36. The molecule has 1 N–H and O–H groups in total. The molecule has 0 bridgehead atoms. The number of methoxy groups -OCH3 is 1. The molecule has 7 heteroatoms. The van der Waals surface area contributed by atoms with Crippen LogP contribution >= 0.6 is 0 Å². The summed E-state index contributed by atoms with van der Waals surface area (Å²) in [5.74, 6) is 0.633. The molecule has 0 spiro atoms. The Labute approximate surface area is 175 Å². The van der Waals surface area contributed by atoms with Crippen LogP contribution in [0.1, 0.15) is 24.8 Å². The van der Waals surface area contributed by atoms with Crippen molar-refractivity contribution in [2.24, 2.45) is 0 Å². The third-order valence-corrected chi connectivity index (χ3v) is 5.49. The Hall–Kier alpha value is -3.35. The molecule has 1 unspecified atom stereocenters. The van der Waals surface area contributed by atoms with E-state index in [4.69, 9.17) is 4.74 Å². The van der Waals surface area contributed by atoms with Crippen LogP contribution in [0.2, 0.25) is 0 Å². The fourth-order valence-electron chi connectivity index (χ4n) is 3.92. The molecule has 156 valence electrons. The van der Waals surface area contributed by atoms with Gasteiger partial charge in [-0.05, 0) is 25.0 Å². The molecule has 1 fully saturated rings. The zero-order valence-corrected chi connectivity index (χ0v) is 17.1. The van der Waals surface area contributed by atoms with Crippen molar-refractivity contribution in [1.29, 1.82) is 0 Å². The van der Waals surface area contributed by atoms with Gasteiger partial charge in [-0.15, -0.1) is 0 Å². The molecule has 30 heavy (non-hydrogen) atoms. The fraction of sp³-hybridized carbons (Fsp3) is 0.348. The van der Waals surface area contributed by atoms with Crippen molar-refractivity contribution in [2.45, 2.75) is 38.4 Å². The number of fused-ring (bicyclic) bond motifs is 1. The maximum Gasteiger partial charge on any atom is 0.242 e. The first-order chi connectivity index (χ1) is 14.7. The van der Waals surface area contributed by atoms with Crippen LogP contribution < -0.4 is 10.1 Å². The summed E-state index contributed by atoms with van der Waals surface area (Å²) in [4.78, 5) is 26.8. The summed E-state index contributed by atoms with van der Waals surface area (Å²) in [7, 11) is 1.61. The van der Waals surface area contributed by atoms with E-state index >= 15 is 0 Å². The second kappa shape index (κ2) is 8.98. The quantitative estimate of drug-likeness (QED) is 0.584. The van der Waals surface area contributed by atoms with E-state index < -0.39 is 6.04 Å². The summed E-state index contributed by atoms with van der Waals surface area (Å²) in [5, 5.41) is 8.63. The number of benzene rings is 2. The number of nitrogens with one attached hydrogen (secondary N) is 1. The van der Waals surface area contributed by atoms with Crippen molar-refractivity contribution in [1.82, 2.24) is 20.0 Å². The summed E-state index contributed by atoms with van der Waals surface area (Å²) < 4.78 is 7.29. The summed E-state index contributed by atoms with van der Waals surface area (Å²) >= 11 is 0. The van der Waals surface area contributed by atoms with Crippen molar-refractivity contribution in [3.8, 4) is 5.75 Å². The average Bonchev–Trinajstić information content (AvgIpc) is 3.34. The molecule has 2 aromatic carbocycles. The Morgan fingerprint density at radius 3 is 2.83 bits per heavy atom. The molecule has 3 aromatic rings. The molecule has 1 aromatic heterocycles. The molecular formula is C23H26N4O3. The van der Waals surface area contributed by atoms with Crippen LogP contribution in [-0.4, -0.2) is 46.2 Å². The molecule has 1 aliphatic rings. The molecule has 2 heterocycles. The standard InChI is InChI=1S/C23H26N4O3/c1-30-21-10-5-3-8-18(21)16-27-20(11-12-22(27)28)23(29)24-13-6-14-26-15-17-7-2-4-9-19(17)25-26/h2-5,7-10,15,20H,6,11-14,16H2,1H3,(H,24,29). The lowest BCUT2D eigenvalue weighted by atomic mass is 10.1. The molecular weight excluding hydrogens is 380 g/mol. The van der Waals surface area contributed by atoms with Crippen LogP contribution in [0.5, 0.6) is 5.75 Å². The lowest BCUT2D eigenvalue weighted by Gasteiger charge is -2.25. The minimum atomic E-state index is -0.435. The second-order valence-corrected chi connectivity index (χ2v) is 7.48. The molecule has 7 nitrogen and oxygen atoms in total. The predicted octanol–water partition coefficient (Wildman–Crippen LogP) is 2.74. The monoisotopic (exact) mass is 406 g/mol. The van der Waals surface area contributed by atoms with Crippen LogP contribution in [0.3, 0.4) is 0 Å². The fourth-order valence-corrected chi connectivity index (χ4v) is 3.92. The van der Waals surface area contributed by atoms with Crippen LogP contribution in [0.25, 0.3) is 10.9 Å². The van der Waals surface area contributed by atoms with Gasteiger partial charge in [-0.3, -0.25) is 14.3 Å². The number of aromatic nitrogens is 2. The Balaban J connectivity index is 1.31. The van der Waals surface area contributed by atoms with Gasteiger partial charge in [0.15, 0.2) is 0 Å². The maximum atomic E-state index is 12.7. The number of ether oxygens (including phenoxy) is 1. The Kier molecular flexibility index (Phi) is 5.97. The van der Waals surface area contributed by atoms with Crippen LogP contribution in [0.15, 0.2) is 54.7 Å².